The van der Waals surface area contributed by atoms with Crippen LogP contribution in [0.3, 0.4) is 0 Å². The summed E-state index contributed by atoms with van der Waals surface area (Å²) in [6.45, 7) is 4.65. The van der Waals surface area contributed by atoms with Crippen LogP contribution in [0.25, 0.3) is 0 Å². The monoisotopic (exact) mass is 389 g/mol. The number of nitriles is 1. The summed E-state index contributed by atoms with van der Waals surface area (Å²) in [6, 6.07) is 16.6. The Bertz CT molecular complexity index is 833. The number of esters is 1. The predicted octanol–water partition coefficient (Wildman–Crippen LogP) is 6.88. The molecule has 2 aromatic rings. The summed E-state index contributed by atoms with van der Waals surface area (Å²) in [7, 11) is 0. The molecule has 1 fully saturated rings. The minimum absolute atomic E-state index is 0.367. The fourth-order valence-corrected chi connectivity index (χ4v) is 4.58. The molecule has 1 saturated carbocycles. The third-order valence-corrected chi connectivity index (χ3v) is 6.26. The maximum Gasteiger partial charge on any atom is 0.343 e. The van der Waals surface area contributed by atoms with E-state index >= 15 is 0 Å². The fraction of sp³-hybridized carbons (Fsp3) is 0.462. The molecule has 0 saturated heterocycles. The molecular formula is C26H31NO2. The number of nitrogens with zero attached hydrogens (tertiary/aromatic N) is 1. The number of hydrogen-bond donors (Lipinski definition) is 0. The Morgan fingerprint density at radius 3 is 2.41 bits per heavy atom. The standard InChI is InChI=1S/C26H31NO2/c1-3-4-5-6-20-9-16-25(19(2)17-20)22-10-12-23(13-11-22)26(28)29-24-14-7-21(18-27)8-15-24/h7-8,10-15,19-20,25H,3-6,9,16-17H2,1-2H3. The van der Waals surface area contributed by atoms with Gasteiger partial charge in [0, 0.05) is 0 Å². The highest BCUT2D eigenvalue weighted by molar-refractivity contribution is 5.91. The average molecular weight is 390 g/mol. The van der Waals surface area contributed by atoms with Crippen molar-refractivity contribution in [1.82, 2.24) is 0 Å². The molecule has 0 heterocycles. The van der Waals surface area contributed by atoms with E-state index in [1.54, 1.807) is 24.3 Å². The quantitative estimate of drug-likeness (QED) is 0.295. The van der Waals surface area contributed by atoms with Crippen LogP contribution in [-0.2, 0) is 0 Å². The minimum Gasteiger partial charge on any atom is -0.423 e. The molecule has 152 valence electrons. The van der Waals surface area contributed by atoms with E-state index in [0.717, 1.165) is 5.92 Å². The van der Waals surface area contributed by atoms with Crippen LogP contribution in [-0.4, -0.2) is 5.97 Å². The van der Waals surface area contributed by atoms with E-state index in [9.17, 15) is 4.79 Å². The fourth-order valence-electron chi connectivity index (χ4n) is 4.58. The lowest BCUT2D eigenvalue weighted by Gasteiger charge is -2.34. The maximum atomic E-state index is 12.4. The van der Waals surface area contributed by atoms with Crippen molar-refractivity contribution in [2.24, 2.45) is 11.8 Å². The van der Waals surface area contributed by atoms with Gasteiger partial charge in [-0.3, -0.25) is 0 Å². The summed E-state index contributed by atoms with van der Waals surface area (Å²) < 4.78 is 5.42. The van der Waals surface area contributed by atoms with Crippen LogP contribution < -0.4 is 4.74 Å². The molecule has 3 heteroatoms. The summed E-state index contributed by atoms with van der Waals surface area (Å²) in [5.41, 5.74) is 2.43. The van der Waals surface area contributed by atoms with Crippen LogP contribution >= 0.6 is 0 Å². The van der Waals surface area contributed by atoms with E-state index in [2.05, 4.69) is 32.0 Å². The highest BCUT2D eigenvalue weighted by atomic mass is 16.5. The zero-order valence-electron chi connectivity index (χ0n) is 17.6. The molecule has 1 aliphatic carbocycles. The number of hydrogen-bond acceptors (Lipinski definition) is 3. The van der Waals surface area contributed by atoms with Gasteiger partial charge in [0.2, 0.25) is 0 Å². The summed E-state index contributed by atoms with van der Waals surface area (Å²) in [5.74, 6) is 2.24. The molecule has 3 rings (SSSR count). The van der Waals surface area contributed by atoms with Gasteiger partial charge >= 0.3 is 5.97 Å². The van der Waals surface area contributed by atoms with Gasteiger partial charge in [0.25, 0.3) is 0 Å². The first-order valence-corrected chi connectivity index (χ1v) is 10.9. The second-order valence-corrected chi connectivity index (χ2v) is 8.41. The second kappa shape index (κ2) is 10.3. The van der Waals surface area contributed by atoms with Crippen molar-refractivity contribution in [2.75, 3.05) is 0 Å². The zero-order valence-corrected chi connectivity index (χ0v) is 17.6. The first kappa shape index (κ1) is 21.1. The zero-order chi connectivity index (χ0) is 20.6. The van der Waals surface area contributed by atoms with E-state index in [-0.39, 0.29) is 5.97 Å². The molecule has 29 heavy (non-hydrogen) atoms. The highest BCUT2D eigenvalue weighted by Crippen LogP contribution is 2.41. The number of rotatable bonds is 7. The van der Waals surface area contributed by atoms with Gasteiger partial charge in [-0.05, 0) is 79.0 Å². The predicted molar refractivity (Wildman–Crippen MR) is 116 cm³/mol. The largest absolute Gasteiger partial charge is 0.423 e. The lowest BCUT2D eigenvalue weighted by atomic mass is 9.71. The van der Waals surface area contributed by atoms with Gasteiger partial charge in [-0.2, -0.15) is 5.26 Å². The van der Waals surface area contributed by atoms with E-state index < -0.39 is 0 Å². The van der Waals surface area contributed by atoms with Gasteiger partial charge in [-0.1, -0.05) is 51.7 Å². The van der Waals surface area contributed by atoms with Crippen LogP contribution in [0.4, 0.5) is 0 Å². The van der Waals surface area contributed by atoms with Crippen LogP contribution in [0.2, 0.25) is 0 Å². The van der Waals surface area contributed by atoms with Crippen molar-refractivity contribution < 1.29 is 9.53 Å². The number of unbranched alkanes of at least 4 members (excludes halogenated alkanes) is 2. The highest BCUT2D eigenvalue weighted by Gasteiger charge is 2.28. The molecular weight excluding hydrogens is 358 g/mol. The van der Waals surface area contributed by atoms with Crippen molar-refractivity contribution in [1.29, 1.82) is 5.26 Å². The Balaban J connectivity index is 1.56. The topological polar surface area (TPSA) is 50.1 Å². The summed E-state index contributed by atoms with van der Waals surface area (Å²) in [4.78, 5) is 12.4. The summed E-state index contributed by atoms with van der Waals surface area (Å²) in [5, 5.41) is 8.85. The Labute approximate surface area is 174 Å². The maximum absolute atomic E-state index is 12.4. The molecule has 3 atom stereocenters. The number of carbonyl (C=O) groups is 1. The SMILES string of the molecule is CCCCCC1CCC(c2ccc(C(=O)Oc3ccc(C#N)cc3)cc2)C(C)C1. The molecule has 0 spiro atoms. The van der Waals surface area contributed by atoms with Crippen molar-refractivity contribution >= 4 is 5.97 Å². The number of carbonyl (C=O) groups excluding carboxylic acids is 1. The molecule has 0 bridgehead atoms. The molecule has 0 radical (unpaired) electrons. The average Bonchev–Trinajstić information content (AvgIpc) is 2.75. The van der Waals surface area contributed by atoms with Crippen LogP contribution in [0.1, 0.15) is 86.2 Å². The van der Waals surface area contributed by atoms with Gasteiger partial charge in [-0.25, -0.2) is 4.79 Å². The Hall–Kier alpha value is -2.60. The van der Waals surface area contributed by atoms with Crippen molar-refractivity contribution in [3.63, 3.8) is 0 Å². The van der Waals surface area contributed by atoms with Crippen molar-refractivity contribution in [3.05, 3.63) is 65.2 Å². The Kier molecular flexibility index (Phi) is 7.47. The third-order valence-electron chi connectivity index (χ3n) is 6.26. The van der Waals surface area contributed by atoms with Crippen LogP contribution in [0.5, 0.6) is 5.75 Å². The molecule has 2 aromatic carbocycles. The number of benzene rings is 2. The van der Waals surface area contributed by atoms with E-state index in [4.69, 9.17) is 10.00 Å². The molecule has 3 unspecified atom stereocenters. The molecule has 3 nitrogen and oxygen atoms in total. The first-order valence-electron chi connectivity index (χ1n) is 10.9. The van der Waals surface area contributed by atoms with Gasteiger partial charge in [-0.15, -0.1) is 0 Å². The molecule has 0 aromatic heterocycles. The molecule has 0 aliphatic heterocycles. The van der Waals surface area contributed by atoms with E-state index in [0.29, 0.717) is 28.7 Å². The summed E-state index contributed by atoms with van der Waals surface area (Å²) >= 11 is 0. The lowest BCUT2D eigenvalue weighted by Crippen LogP contribution is -2.21. The number of ether oxygens (including phenoxy) is 1. The van der Waals surface area contributed by atoms with E-state index in [1.807, 2.05) is 12.1 Å². The second-order valence-electron chi connectivity index (χ2n) is 8.41. The lowest BCUT2D eigenvalue weighted by molar-refractivity contribution is 0.0734. The van der Waals surface area contributed by atoms with Crippen LogP contribution in [0.15, 0.2) is 48.5 Å². The van der Waals surface area contributed by atoms with Gasteiger partial charge in [0.1, 0.15) is 5.75 Å². The summed E-state index contributed by atoms with van der Waals surface area (Å²) in [6.07, 6.45) is 9.28. The Morgan fingerprint density at radius 1 is 1.07 bits per heavy atom. The van der Waals surface area contributed by atoms with E-state index in [1.165, 1.54) is 50.5 Å². The third kappa shape index (κ3) is 5.70. The normalized spacial score (nSPS) is 21.3. The van der Waals surface area contributed by atoms with Gasteiger partial charge in [0.05, 0.1) is 17.2 Å². The minimum atomic E-state index is -0.367. The van der Waals surface area contributed by atoms with Gasteiger partial charge in [0.15, 0.2) is 0 Å². The van der Waals surface area contributed by atoms with Crippen molar-refractivity contribution in [2.45, 2.75) is 64.7 Å². The van der Waals surface area contributed by atoms with Gasteiger partial charge < -0.3 is 4.74 Å². The Morgan fingerprint density at radius 2 is 1.79 bits per heavy atom. The molecule has 0 amide bonds. The van der Waals surface area contributed by atoms with Crippen LogP contribution in [0, 0.1) is 23.2 Å². The molecule has 0 N–H and O–H groups in total. The smallest absolute Gasteiger partial charge is 0.343 e. The first-order chi connectivity index (χ1) is 14.1. The van der Waals surface area contributed by atoms with Crippen molar-refractivity contribution in [3.8, 4) is 11.8 Å². The molecule has 1 aliphatic rings.